The number of piperazine rings is 1. The third-order valence-electron chi connectivity index (χ3n) is 6.18. The van der Waals surface area contributed by atoms with E-state index in [2.05, 4.69) is 19.7 Å². The molecule has 2 aromatic rings. The maximum atomic E-state index is 12.4. The van der Waals surface area contributed by atoms with Crippen molar-refractivity contribution >= 4 is 28.2 Å². The molecule has 0 unspecified atom stereocenters. The zero-order chi connectivity index (χ0) is 19.3. The molecule has 5 nitrogen and oxygen atoms in total. The van der Waals surface area contributed by atoms with E-state index in [1.54, 1.807) is 0 Å². The van der Waals surface area contributed by atoms with Gasteiger partial charge >= 0.3 is 0 Å². The molecule has 2 aliphatic rings. The number of unbranched alkanes of at least 4 members (excludes halogenated alkanes) is 1. The monoisotopic (exact) mass is 402 g/mol. The smallest absolute Gasteiger partial charge is 0.257 e. The number of piperidine rings is 1. The number of fused-ring (bicyclic) bond motifs is 1. The van der Waals surface area contributed by atoms with E-state index in [0.717, 1.165) is 37.4 Å². The van der Waals surface area contributed by atoms with Gasteiger partial charge in [0.05, 0.1) is 0 Å². The molecule has 2 aliphatic heterocycles. The quantitative estimate of drug-likeness (QED) is 0.750. The lowest BCUT2D eigenvalue weighted by atomic mass is 10.1. The summed E-state index contributed by atoms with van der Waals surface area (Å²) in [5, 5.41) is 2.13. The lowest BCUT2D eigenvalue weighted by Gasteiger charge is -2.36. The average molecular weight is 403 g/mol. The van der Waals surface area contributed by atoms with E-state index < -0.39 is 0 Å². The Bertz CT molecular complexity index is 838. The Morgan fingerprint density at radius 1 is 0.857 bits per heavy atom. The number of hydrogen-bond donors (Lipinski definition) is 1. The molecular weight excluding hydrogens is 372 g/mol. The fraction of sp³-hybridized carbons (Fsp3) is 0.591. The van der Waals surface area contributed by atoms with Crippen LogP contribution in [0.4, 0.5) is 5.82 Å². The summed E-state index contributed by atoms with van der Waals surface area (Å²) in [6, 6.07) is 7.51. The summed E-state index contributed by atoms with van der Waals surface area (Å²) in [7, 11) is 0. The maximum absolute atomic E-state index is 12.4. The Morgan fingerprint density at radius 2 is 1.54 bits per heavy atom. The molecule has 2 saturated heterocycles. The van der Waals surface area contributed by atoms with Crippen molar-refractivity contribution in [3.05, 3.63) is 39.6 Å². The average Bonchev–Trinajstić information content (AvgIpc) is 2.73. The molecular formula is C22H31ClN4O. The highest BCUT2D eigenvalue weighted by atomic mass is 35.5. The van der Waals surface area contributed by atoms with Crippen molar-refractivity contribution in [2.24, 2.45) is 0 Å². The van der Waals surface area contributed by atoms with Gasteiger partial charge in [-0.3, -0.25) is 9.69 Å². The minimum atomic E-state index is -0.0601. The van der Waals surface area contributed by atoms with E-state index in [9.17, 15) is 4.79 Å². The molecule has 0 bridgehead atoms. The summed E-state index contributed by atoms with van der Waals surface area (Å²) < 4.78 is 0. The highest BCUT2D eigenvalue weighted by Gasteiger charge is 2.19. The van der Waals surface area contributed by atoms with Gasteiger partial charge in [-0.25, -0.2) is 0 Å². The van der Waals surface area contributed by atoms with E-state index in [-0.39, 0.29) is 5.56 Å². The van der Waals surface area contributed by atoms with Crippen molar-refractivity contribution in [2.75, 3.05) is 57.3 Å². The first-order valence-corrected chi connectivity index (χ1v) is 11.1. The van der Waals surface area contributed by atoms with Crippen LogP contribution in [-0.2, 0) is 0 Å². The van der Waals surface area contributed by atoms with Crippen LogP contribution in [-0.4, -0.2) is 67.1 Å². The number of aromatic amines is 1. The zero-order valence-electron chi connectivity index (χ0n) is 16.6. The van der Waals surface area contributed by atoms with Crippen LogP contribution in [0, 0.1) is 0 Å². The molecule has 0 saturated carbocycles. The summed E-state index contributed by atoms with van der Waals surface area (Å²) in [4.78, 5) is 22.9. The van der Waals surface area contributed by atoms with Crippen LogP contribution in [0.1, 0.15) is 32.1 Å². The minimum Gasteiger partial charge on any atom is -0.356 e. The molecule has 6 heteroatoms. The topological polar surface area (TPSA) is 42.6 Å². The van der Waals surface area contributed by atoms with Gasteiger partial charge in [-0.2, -0.15) is 0 Å². The Morgan fingerprint density at radius 3 is 2.25 bits per heavy atom. The number of halogens is 1. The number of benzene rings is 1. The third kappa shape index (κ3) is 4.70. The molecule has 1 aromatic heterocycles. The van der Waals surface area contributed by atoms with Crippen LogP contribution in [0.2, 0.25) is 5.02 Å². The van der Waals surface area contributed by atoms with Gasteiger partial charge in [0.2, 0.25) is 0 Å². The molecule has 1 aromatic carbocycles. The van der Waals surface area contributed by atoms with Crippen LogP contribution >= 0.6 is 11.6 Å². The molecule has 0 radical (unpaired) electrons. The standard InChI is InChI=1S/C22H31ClN4O/c23-20-8-6-7-18-19(20)17-21(24-22(18)28)27-15-13-26(14-16-27)12-5-4-11-25-9-2-1-3-10-25/h6-8,17H,1-5,9-16H2,(H,24,28). The van der Waals surface area contributed by atoms with E-state index in [4.69, 9.17) is 11.6 Å². The predicted molar refractivity (Wildman–Crippen MR) is 118 cm³/mol. The predicted octanol–water partition coefficient (Wildman–Crippen LogP) is 3.57. The second-order valence-electron chi connectivity index (χ2n) is 8.12. The van der Waals surface area contributed by atoms with Crippen molar-refractivity contribution < 1.29 is 0 Å². The SMILES string of the molecule is O=c1[nH]c(N2CCN(CCCCN3CCCCC3)CC2)cc2c(Cl)cccc12. The lowest BCUT2D eigenvalue weighted by Crippen LogP contribution is -2.47. The molecule has 0 spiro atoms. The number of nitrogens with one attached hydrogen (secondary N) is 1. The molecule has 3 heterocycles. The first kappa shape index (κ1) is 19.7. The van der Waals surface area contributed by atoms with Gasteiger partial charge in [-0.05, 0) is 70.1 Å². The number of likely N-dealkylation sites (tertiary alicyclic amines) is 1. The van der Waals surface area contributed by atoms with Gasteiger partial charge in [0.1, 0.15) is 5.82 Å². The van der Waals surface area contributed by atoms with Crippen LogP contribution < -0.4 is 10.5 Å². The van der Waals surface area contributed by atoms with E-state index >= 15 is 0 Å². The molecule has 28 heavy (non-hydrogen) atoms. The molecule has 0 aliphatic carbocycles. The van der Waals surface area contributed by atoms with Crippen LogP contribution in [0.25, 0.3) is 10.8 Å². The van der Waals surface area contributed by atoms with E-state index in [1.165, 1.54) is 58.3 Å². The number of anilines is 1. The molecule has 2 fully saturated rings. The first-order chi connectivity index (χ1) is 13.7. The minimum absolute atomic E-state index is 0.0601. The van der Waals surface area contributed by atoms with Crippen molar-refractivity contribution in [1.29, 1.82) is 0 Å². The van der Waals surface area contributed by atoms with E-state index in [0.29, 0.717) is 10.4 Å². The summed E-state index contributed by atoms with van der Waals surface area (Å²) in [5.74, 6) is 0.885. The van der Waals surface area contributed by atoms with Crippen molar-refractivity contribution in [1.82, 2.24) is 14.8 Å². The number of hydrogen-bond acceptors (Lipinski definition) is 4. The fourth-order valence-corrected chi connectivity index (χ4v) is 4.70. The first-order valence-electron chi connectivity index (χ1n) is 10.7. The number of nitrogens with zero attached hydrogens (tertiary/aromatic N) is 3. The third-order valence-corrected chi connectivity index (χ3v) is 6.51. The van der Waals surface area contributed by atoms with Crippen molar-refractivity contribution in [2.45, 2.75) is 32.1 Å². The zero-order valence-corrected chi connectivity index (χ0v) is 17.4. The molecule has 1 N–H and O–H groups in total. The normalized spacial score (nSPS) is 19.4. The molecule has 152 valence electrons. The van der Waals surface area contributed by atoms with Crippen molar-refractivity contribution in [3.8, 4) is 0 Å². The van der Waals surface area contributed by atoms with Gasteiger partial charge in [-0.1, -0.05) is 24.1 Å². The Balaban J connectivity index is 1.26. The van der Waals surface area contributed by atoms with Gasteiger partial charge in [0.15, 0.2) is 0 Å². The number of H-pyrrole nitrogens is 1. The second kappa shape index (κ2) is 9.29. The fourth-order valence-electron chi connectivity index (χ4n) is 4.47. The number of pyridine rings is 1. The van der Waals surface area contributed by atoms with Gasteiger partial charge in [-0.15, -0.1) is 0 Å². The van der Waals surface area contributed by atoms with Crippen LogP contribution in [0.5, 0.6) is 0 Å². The number of aromatic nitrogens is 1. The maximum Gasteiger partial charge on any atom is 0.257 e. The Hall–Kier alpha value is -1.56. The van der Waals surface area contributed by atoms with Gasteiger partial charge in [0, 0.05) is 42.0 Å². The second-order valence-corrected chi connectivity index (χ2v) is 8.53. The largest absolute Gasteiger partial charge is 0.356 e. The highest BCUT2D eigenvalue weighted by Crippen LogP contribution is 2.24. The summed E-state index contributed by atoms with van der Waals surface area (Å²) in [6.07, 6.45) is 6.75. The summed E-state index contributed by atoms with van der Waals surface area (Å²) in [5.41, 5.74) is -0.0601. The Kier molecular flexibility index (Phi) is 6.55. The summed E-state index contributed by atoms with van der Waals surface area (Å²) in [6.45, 7) is 9.02. The molecule has 0 atom stereocenters. The number of rotatable bonds is 6. The van der Waals surface area contributed by atoms with Crippen LogP contribution in [0.3, 0.4) is 0 Å². The van der Waals surface area contributed by atoms with Crippen molar-refractivity contribution in [3.63, 3.8) is 0 Å². The van der Waals surface area contributed by atoms with E-state index in [1.807, 2.05) is 24.3 Å². The van der Waals surface area contributed by atoms with Crippen LogP contribution in [0.15, 0.2) is 29.1 Å². The van der Waals surface area contributed by atoms with Gasteiger partial charge < -0.3 is 14.8 Å². The van der Waals surface area contributed by atoms with Gasteiger partial charge in [0.25, 0.3) is 5.56 Å². The Labute approximate surface area is 172 Å². The summed E-state index contributed by atoms with van der Waals surface area (Å²) >= 11 is 6.31. The lowest BCUT2D eigenvalue weighted by molar-refractivity contribution is 0.211. The molecule has 0 amide bonds. The molecule has 4 rings (SSSR count). The highest BCUT2D eigenvalue weighted by molar-refractivity contribution is 6.35.